The first-order chi connectivity index (χ1) is 17.2. The Hall–Kier alpha value is -1.70. The summed E-state index contributed by atoms with van der Waals surface area (Å²) in [4.78, 5) is 0. The second-order valence-corrected chi connectivity index (χ2v) is 24.8. The molecule has 0 spiro atoms. The van der Waals surface area contributed by atoms with E-state index in [-0.39, 0.29) is 24.8 Å². The Morgan fingerprint density at radius 3 is 2.27 bits per heavy atom. The zero-order valence-corrected chi connectivity index (χ0v) is 26.8. The number of halogens is 2. The van der Waals surface area contributed by atoms with Crippen molar-refractivity contribution in [1.82, 2.24) is 0 Å². The number of fused-ring (bicyclic) bond motifs is 4. The molecule has 4 heteroatoms. The van der Waals surface area contributed by atoms with Crippen molar-refractivity contribution >= 4 is 15.3 Å². The maximum Gasteiger partial charge on any atom is -1.00 e. The largest absolute Gasteiger partial charge is 1.00 e. The number of benzene rings is 4. The molecule has 1 unspecified atom stereocenters. The molecule has 6 rings (SSSR count). The Kier molecular flexibility index (Phi) is 9.18. The third-order valence-electron chi connectivity index (χ3n) is 7.54. The quantitative estimate of drug-likeness (QED) is 0.256. The van der Waals surface area contributed by atoms with E-state index < -0.39 is 28.3 Å². The van der Waals surface area contributed by atoms with E-state index in [1.165, 1.54) is 51.8 Å². The third kappa shape index (κ3) is 5.16. The molecule has 0 aliphatic heterocycles. The molecule has 0 nitrogen and oxygen atoms in total. The van der Waals surface area contributed by atoms with E-state index in [1.54, 1.807) is 20.0 Å². The number of hydrogen-bond donors (Lipinski definition) is 0. The van der Waals surface area contributed by atoms with Gasteiger partial charge < -0.3 is 24.8 Å². The maximum absolute atomic E-state index is 2.57. The third-order valence-corrected chi connectivity index (χ3v) is 16.1. The second kappa shape index (κ2) is 12.0. The van der Waals surface area contributed by atoms with Crippen LogP contribution >= 0.6 is 0 Å². The number of allylic oxidation sites excluding steroid dienone is 1. The van der Waals surface area contributed by atoms with Crippen molar-refractivity contribution in [2.24, 2.45) is 0 Å². The van der Waals surface area contributed by atoms with Crippen molar-refractivity contribution in [3.63, 3.8) is 0 Å². The summed E-state index contributed by atoms with van der Waals surface area (Å²) in [6.07, 6.45) is 6.03. The van der Waals surface area contributed by atoms with Gasteiger partial charge >= 0.3 is 223 Å². The Morgan fingerprint density at radius 2 is 1.51 bits per heavy atom. The van der Waals surface area contributed by atoms with E-state index in [9.17, 15) is 0 Å². The summed E-state index contributed by atoms with van der Waals surface area (Å²) in [7, 11) is 0. The molecule has 0 heterocycles. The summed E-state index contributed by atoms with van der Waals surface area (Å²) in [6, 6.07) is 32.1. The Balaban J connectivity index is 0.00000160. The molecule has 0 amide bonds. The first-order valence-corrected chi connectivity index (χ1v) is 21.4. The van der Waals surface area contributed by atoms with Crippen molar-refractivity contribution in [1.29, 1.82) is 0 Å². The number of rotatable bonds is 6. The summed E-state index contributed by atoms with van der Waals surface area (Å²) < 4.78 is 1.77. The van der Waals surface area contributed by atoms with E-state index in [2.05, 4.69) is 111 Å². The van der Waals surface area contributed by atoms with Crippen LogP contribution in [0.1, 0.15) is 53.5 Å². The van der Waals surface area contributed by atoms with Crippen LogP contribution in [-0.2, 0) is 28.8 Å². The van der Waals surface area contributed by atoms with Gasteiger partial charge in [0.05, 0.1) is 0 Å². The van der Waals surface area contributed by atoms with Crippen LogP contribution in [-0.4, -0.2) is 5.92 Å². The fraction of sp³-hybridized carbons (Fsp3) is 0.212. The van der Waals surface area contributed by atoms with Crippen LogP contribution in [0.5, 0.6) is 0 Å². The summed E-state index contributed by atoms with van der Waals surface area (Å²) >= 11 is -0.564. The molecule has 2 aliphatic carbocycles. The molecule has 0 bridgehead atoms. The molecule has 0 radical (unpaired) electrons. The van der Waals surface area contributed by atoms with Crippen molar-refractivity contribution in [3.05, 3.63) is 118 Å². The molecule has 4 aromatic carbocycles. The molecule has 0 N–H and O–H groups in total. The maximum atomic E-state index is 2.57. The normalized spacial score (nSPS) is 14.6. The van der Waals surface area contributed by atoms with Crippen molar-refractivity contribution in [3.8, 4) is 22.3 Å². The molecular weight excluding hydrogens is 587 g/mol. The van der Waals surface area contributed by atoms with Crippen LogP contribution in [0.25, 0.3) is 28.3 Å². The molecule has 1 atom stereocenters. The van der Waals surface area contributed by atoms with E-state index in [1.807, 2.05) is 0 Å². The van der Waals surface area contributed by atoms with E-state index in [0.717, 1.165) is 6.42 Å². The first kappa shape index (κ1) is 28.3. The van der Waals surface area contributed by atoms with Crippen LogP contribution in [0.3, 0.4) is 0 Å². The van der Waals surface area contributed by atoms with Gasteiger partial charge in [0.15, 0.2) is 0 Å². The fourth-order valence-electron chi connectivity index (χ4n) is 6.18. The summed E-state index contributed by atoms with van der Waals surface area (Å²) in [5.41, 5.74) is 15.1. The average Bonchev–Trinajstić information content (AvgIpc) is 3.42. The van der Waals surface area contributed by atoms with Gasteiger partial charge in [-0.1, -0.05) is 0 Å². The molecular formula is C33H32Cl2SiZr. The van der Waals surface area contributed by atoms with Gasteiger partial charge in [-0.05, 0) is 0 Å². The van der Waals surface area contributed by atoms with Crippen LogP contribution in [0.15, 0.2) is 90.5 Å². The minimum Gasteiger partial charge on any atom is -1.00 e. The van der Waals surface area contributed by atoms with Crippen molar-refractivity contribution < 1.29 is 47.2 Å². The van der Waals surface area contributed by atoms with Crippen LogP contribution in [0, 0.1) is 0 Å². The van der Waals surface area contributed by atoms with Gasteiger partial charge in [0.2, 0.25) is 0 Å². The second-order valence-electron chi connectivity index (χ2n) is 10.3. The monoisotopic (exact) mass is 616 g/mol. The molecule has 4 aromatic rings. The van der Waals surface area contributed by atoms with Crippen LogP contribution < -0.4 is 28.1 Å². The minimum absolute atomic E-state index is 0. The van der Waals surface area contributed by atoms with E-state index in [4.69, 9.17) is 0 Å². The first-order valence-electron chi connectivity index (χ1n) is 13.0. The van der Waals surface area contributed by atoms with Crippen molar-refractivity contribution in [2.75, 3.05) is 0 Å². The average molecular weight is 619 g/mol. The van der Waals surface area contributed by atoms with Gasteiger partial charge in [0.25, 0.3) is 0 Å². The van der Waals surface area contributed by atoms with Crippen LogP contribution in [0.2, 0.25) is 13.1 Å². The van der Waals surface area contributed by atoms with Gasteiger partial charge in [-0.25, -0.2) is 0 Å². The molecule has 0 saturated heterocycles. The smallest absolute Gasteiger partial charge is 1.00 e. The van der Waals surface area contributed by atoms with Gasteiger partial charge in [0.1, 0.15) is 0 Å². The van der Waals surface area contributed by atoms with E-state index >= 15 is 0 Å². The SMILES string of the molecule is CCCC1=Cc2c(-c3ccccc3)cccc2C1c1[c]([Zr+2][SiH](C)C)ccc2c1Cc1ccccc1-2.[Cl-].[Cl-]. The van der Waals surface area contributed by atoms with E-state index in [0.29, 0.717) is 5.92 Å². The molecule has 2 aliphatic rings. The summed E-state index contributed by atoms with van der Waals surface area (Å²) in [5, 5.41) is 0. The van der Waals surface area contributed by atoms with Gasteiger partial charge in [0, 0.05) is 0 Å². The Morgan fingerprint density at radius 1 is 0.784 bits per heavy atom. The fourth-order valence-corrected chi connectivity index (χ4v) is 14.4. The molecule has 0 saturated carbocycles. The zero-order chi connectivity index (χ0) is 23.9. The number of hydrogen-bond acceptors (Lipinski definition) is 0. The molecule has 186 valence electrons. The Bertz CT molecular complexity index is 1440. The molecule has 37 heavy (non-hydrogen) atoms. The zero-order valence-electron chi connectivity index (χ0n) is 21.7. The minimum atomic E-state index is -0.601. The predicted octanol–water partition coefficient (Wildman–Crippen LogP) is 1.95. The standard InChI is InChI=1S/C31H25.C2H7Si.2ClH.Zr/c1-2-10-23-20-29-24(21-11-4-3-5-12-21)15-8-17-27(29)31(23)28-18-9-16-26-25-14-7-6-13-22(25)19-30(26)28;1-3-2;;;/h3-9,11-17,20,31H,2,10,19H2,1H3;3H,1-2H3;2*1H;/q;;;;+2/p-2. The summed E-state index contributed by atoms with van der Waals surface area (Å²) in [5.74, 6) is -0.183. The Labute approximate surface area is 246 Å². The molecule has 0 fully saturated rings. The molecule has 0 aromatic heterocycles. The van der Waals surface area contributed by atoms with Gasteiger partial charge in [-0.15, -0.1) is 0 Å². The van der Waals surface area contributed by atoms with Gasteiger partial charge in [-0.3, -0.25) is 0 Å². The van der Waals surface area contributed by atoms with Crippen LogP contribution in [0.4, 0.5) is 0 Å². The van der Waals surface area contributed by atoms with Crippen molar-refractivity contribution in [2.45, 2.75) is 45.2 Å². The summed E-state index contributed by atoms with van der Waals surface area (Å²) in [6.45, 7) is 7.47. The topological polar surface area (TPSA) is 0 Å². The van der Waals surface area contributed by atoms with Gasteiger partial charge in [-0.2, -0.15) is 0 Å². The predicted molar refractivity (Wildman–Crippen MR) is 150 cm³/mol.